The van der Waals surface area contributed by atoms with E-state index in [1.54, 1.807) is 30.3 Å². The summed E-state index contributed by atoms with van der Waals surface area (Å²) in [5.74, 6) is -2.89. The molecule has 0 aliphatic heterocycles. The highest BCUT2D eigenvalue weighted by Gasteiger charge is 2.48. The number of nitrogens with zero attached hydrogens (tertiary/aromatic N) is 1. The van der Waals surface area contributed by atoms with Crippen LogP contribution in [0.4, 0.5) is 13.2 Å². The largest absolute Gasteiger partial charge is 0.506 e. The number of hydrogen-bond donors (Lipinski definition) is 3. The van der Waals surface area contributed by atoms with E-state index < -0.39 is 62.4 Å². The molecule has 0 spiro atoms. The third-order valence-electron chi connectivity index (χ3n) is 5.29. The van der Waals surface area contributed by atoms with Crippen molar-refractivity contribution in [1.29, 1.82) is 5.26 Å². The van der Waals surface area contributed by atoms with Crippen LogP contribution in [0.3, 0.4) is 0 Å². The van der Waals surface area contributed by atoms with Crippen molar-refractivity contribution in [2.24, 2.45) is 0 Å². The fourth-order valence-corrected chi connectivity index (χ4v) is 5.10. The number of carbonyl (C=O) groups is 1. The van der Waals surface area contributed by atoms with Crippen LogP contribution < -0.4 is 10.6 Å². The first-order valence-electron chi connectivity index (χ1n) is 10.1. The molecule has 1 aliphatic carbocycles. The maximum absolute atomic E-state index is 14.0. The van der Waals surface area contributed by atoms with Gasteiger partial charge in [0.25, 0.3) is 0 Å². The third-order valence-corrected chi connectivity index (χ3v) is 7.21. The molecule has 182 valence electrons. The van der Waals surface area contributed by atoms with E-state index in [1.807, 2.05) is 6.07 Å². The Morgan fingerprint density at radius 2 is 1.85 bits per heavy atom. The molecule has 2 aromatic carbocycles. The second kappa shape index (κ2) is 9.82. The summed E-state index contributed by atoms with van der Waals surface area (Å²) in [5, 5.41) is 22.9. The summed E-state index contributed by atoms with van der Waals surface area (Å²) in [6, 6.07) is 8.43. The molecule has 0 radical (unpaired) electrons. The van der Waals surface area contributed by atoms with Crippen LogP contribution in [0.15, 0.2) is 48.5 Å². The van der Waals surface area contributed by atoms with E-state index in [0.717, 1.165) is 18.2 Å². The first-order chi connectivity index (χ1) is 15.8. The number of phenols is 1. The number of benzene rings is 2. The van der Waals surface area contributed by atoms with Crippen LogP contribution in [0.1, 0.15) is 30.0 Å². The summed E-state index contributed by atoms with van der Waals surface area (Å²) in [6.45, 7) is 0. The number of nitriles is 1. The molecular weight excluding hydrogens is 495 g/mol. The first-order valence-corrected chi connectivity index (χ1v) is 12.3. The predicted octanol–water partition coefficient (Wildman–Crippen LogP) is 3.39. The number of hydrogen-bond acceptors (Lipinski definition) is 6. The zero-order chi connectivity index (χ0) is 25.1. The summed E-state index contributed by atoms with van der Waals surface area (Å²) >= 11 is 5.76. The topological polar surface area (TPSA) is 119 Å². The van der Waals surface area contributed by atoms with Crippen molar-refractivity contribution in [3.8, 4) is 11.8 Å². The van der Waals surface area contributed by atoms with Crippen LogP contribution in [0.25, 0.3) is 0 Å². The first kappa shape index (κ1) is 25.8. The number of phenolic OH excluding ortho intramolecular Hbond substituents is 1. The predicted molar refractivity (Wildman–Crippen MR) is 118 cm³/mol. The number of nitrogens with one attached hydrogen (secondary N) is 2. The van der Waals surface area contributed by atoms with Gasteiger partial charge in [-0.2, -0.15) is 18.4 Å². The molecule has 3 N–H and O–H groups in total. The summed E-state index contributed by atoms with van der Waals surface area (Å²) in [5.41, 5.74) is -1.22. The van der Waals surface area contributed by atoms with Gasteiger partial charge in [0.15, 0.2) is 9.84 Å². The van der Waals surface area contributed by atoms with Gasteiger partial charge < -0.3 is 10.4 Å². The van der Waals surface area contributed by atoms with Crippen molar-refractivity contribution >= 4 is 27.3 Å². The Kier molecular flexibility index (Phi) is 7.45. The van der Waals surface area contributed by atoms with Crippen LogP contribution in [0.2, 0.25) is 5.02 Å². The lowest BCUT2D eigenvalue weighted by molar-refractivity contribution is -0.160. The van der Waals surface area contributed by atoms with Crippen molar-refractivity contribution < 1.29 is 31.5 Å². The van der Waals surface area contributed by atoms with Gasteiger partial charge in [0.05, 0.1) is 22.6 Å². The number of sulfone groups is 1. The second-order valence-corrected chi connectivity index (χ2v) is 10.6. The Morgan fingerprint density at radius 3 is 2.38 bits per heavy atom. The van der Waals surface area contributed by atoms with Crippen molar-refractivity contribution in [3.63, 3.8) is 0 Å². The van der Waals surface area contributed by atoms with E-state index >= 15 is 0 Å². The number of halogens is 4. The molecule has 7 nitrogen and oxygen atoms in total. The van der Waals surface area contributed by atoms with E-state index in [-0.39, 0.29) is 5.02 Å². The molecule has 1 aliphatic rings. The monoisotopic (exact) mass is 515 g/mol. The van der Waals surface area contributed by atoms with Gasteiger partial charge in [0.2, 0.25) is 5.91 Å². The Morgan fingerprint density at radius 1 is 1.21 bits per heavy atom. The summed E-state index contributed by atoms with van der Waals surface area (Å²) in [7, 11) is -4.05. The van der Waals surface area contributed by atoms with Crippen LogP contribution in [0.5, 0.6) is 5.75 Å². The number of carbonyl (C=O) groups excluding carboxylic acids is 1. The van der Waals surface area contributed by atoms with Gasteiger partial charge in [-0.3, -0.25) is 10.1 Å². The summed E-state index contributed by atoms with van der Waals surface area (Å²) in [6.07, 6.45) is -4.31. The Balaban J connectivity index is 1.91. The normalized spacial score (nSPS) is 16.8. The Hall–Kier alpha value is -2.81. The second-order valence-electron chi connectivity index (χ2n) is 8.13. The SMILES string of the molecule is N#CC1(NC(=O)[C@H](CS(=O)(=O)Cc2ccccc2)N[C@@H](c2ccc(O)c(Cl)c2)C(F)(F)F)CC1. The molecule has 0 heterocycles. The van der Waals surface area contributed by atoms with Gasteiger partial charge in [-0.05, 0) is 36.1 Å². The van der Waals surface area contributed by atoms with Gasteiger partial charge >= 0.3 is 6.18 Å². The van der Waals surface area contributed by atoms with Crippen LogP contribution >= 0.6 is 11.6 Å². The van der Waals surface area contributed by atoms with E-state index in [0.29, 0.717) is 18.4 Å². The standard InChI is InChI=1S/C22H21ClF3N3O4S/c23-16-10-15(6-7-18(16)30)19(22(24,25)26)28-17(20(31)29-21(13-27)8-9-21)12-34(32,33)11-14-4-2-1-3-5-14/h1-7,10,17,19,28,30H,8-9,11-12H2,(H,29,31)/t17-,19-/m0/s1. The minimum Gasteiger partial charge on any atom is -0.506 e. The lowest BCUT2D eigenvalue weighted by Gasteiger charge is -2.28. The number of amides is 1. The highest BCUT2D eigenvalue weighted by atomic mass is 35.5. The lowest BCUT2D eigenvalue weighted by Crippen LogP contribution is -2.54. The number of alkyl halides is 3. The molecule has 2 aromatic rings. The maximum atomic E-state index is 14.0. The third kappa shape index (κ3) is 6.62. The number of aromatic hydroxyl groups is 1. The molecule has 2 atom stereocenters. The van der Waals surface area contributed by atoms with Gasteiger partial charge in [-0.1, -0.05) is 48.0 Å². The van der Waals surface area contributed by atoms with Gasteiger partial charge in [-0.15, -0.1) is 0 Å². The molecule has 0 aromatic heterocycles. The summed E-state index contributed by atoms with van der Waals surface area (Å²) in [4.78, 5) is 12.9. The summed E-state index contributed by atoms with van der Waals surface area (Å²) < 4.78 is 67.5. The zero-order valence-electron chi connectivity index (χ0n) is 17.6. The lowest BCUT2D eigenvalue weighted by atomic mass is 10.0. The van der Waals surface area contributed by atoms with Crippen LogP contribution in [-0.4, -0.2) is 42.9 Å². The van der Waals surface area contributed by atoms with Crippen molar-refractivity contribution in [1.82, 2.24) is 10.6 Å². The number of rotatable bonds is 9. The van der Waals surface area contributed by atoms with E-state index in [2.05, 4.69) is 10.6 Å². The average Bonchev–Trinajstić information content (AvgIpc) is 3.52. The highest BCUT2D eigenvalue weighted by molar-refractivity contribution is 7.90. The highest BCUT2D eigenvalue weighted by Crippen LogP contribution is 2.37. The average molecular weight is 516 g/mol. The quantitative estimate of drug-likeness (QED) is 0.471. The molecule has 0 bridgehead atoms. The Labute approximate surface area is 199 Å². The molecule has 0 saturated heterocycles. The molecule has 34 heavy (non-hydrogen) atoms. The molecular formula is C22H21ClF3N3O4S. The van der Waals surface area contributed by atoms with E-state index in [1.165, 1.54) is 0 Å². The van der Waals surface area contributed by atoms with Crippen LogP contribution in [-0.2, 0) is 20.4 Å². The van der Waals surface area contributed by atoms with E-state index in [4.69, 9.17) is 11.6 Å². The molecule has 3 rings (SSSR count). The van der Waals surface area contributed by atoms with Crippen molar-refractivity contribution in [3.05, 3.63) is 64.7 Å². The maximum Gasteiger partial charge on any atom is 0.407 e. The molecule has 0 unspecified atom stereocenters. The Bertz CT molecular complexity index is 1200. The molecule has 12 heteroatoms. The minimum absolute atomic E-state index is 0.314. The molecule has 1 saturated carbocycles. The molecule has 1 fully saturated rings. The zero-order valence-corrected chi connectivity index (χ0v) is 19.2. The van der Waals surface area contributed by atoms with Crippen LogP contribution in [0, 0.1) is 11.3 Å². The fraction of sp³-hybridized carbons (Fsp3) is 0.364. The van der Waals surface area contributed by atoms with Crippen molar-refractivity contribution in [2.45, 2.75) is 42.4 Å². The van der Waals surface area contributed by atoms with Gasteiger partial charge in [-0.25, -0.2) is 8.42 Å². The van der Waals surface area contributed by atoms with Crippen molar-refractivity contribution in [2.75, 3.05) is 5.75 Å². The van der Waals surface area contributed by atoms with E-state index in [9.17, 15) is 36.8 Å². The van der Waals surface area contributed by atoms with Gasteiger partial charge in [0.1, 0.15) is 23.4 Å². The fourth-order valence-electron chi connectivity index (χ4n) is 3.34. The smallest absolute Gasteiger partial charge is 0.407 e. The van der Waals surface area contributed by atoms with Gasteiger partial charge in [0, 0.05) is 0 Å². The molecule has 1 amide bonds. The minimum atomic E-state index is -4.94.